The molecule has 0 fully saturated rings. The number of nitrogens with zero attached hydrogens (tertiary/aromatic N) is 1. The summed E-state index contributed by atoms with van der Waals surface area (Å²) in [6.45, 7) is 3.10. The topological polar surface area (TPSA) is 89.9 Å². The van der Waals surface area contributed by atoms with Crippen LogP contribution in [0.25, 0.3) is 0 Å². The van der Waals surface area contributed by atoms with Crippen molar-refractivity contribution in [3.63, 3.8) is 0 Å². The molecule has 2 aromatic rings. The van der Waals surface area contributed by atoms with E-state index in [9.17, 15) is 19.8 Å². The van der Waals surface area contributed by atoms with Gasteiger partial charge in [0, 0.05) is 31.3 Å². The molecule has 130 valence electrons. The first-order chi connectivity index (χ1) is 11.9. The maximum absolute atomic E-state index is 12.7. The van der Waals surface area contributed by atoms with Gasteiger partial charge in [0.2, 0.25) is 0 Å². The third-order valence-electron chi connectivity index (χ3n) is 4.11. The van der Waals surface area contributed by atoms with Crippen LogP contribution < -0.4 is 5.32 Å². The second-order valence-corrected chi connectivity index (χ2v) is 6.23. The summed E-state index contributed by atoms with van der Waals surface area (Å²) in [6.07, 6.45) is 0. The summed E-state index contributed by atoms with van der Waals surface area (Å²) in [5, 5.41) is 22.1. The number of rotatable bonds is 3. The lowest BCUT2D eigenvalue weighted by Gasteiger charge is -2.16. The lowest BCUT2D eigenvalue weighted by Crippen LogP contribution is -2.25. The average Bonchev–Trinajstić information content (AvgIpc) is 3.01. The first-order valence-electron chi connectivity index (χ1n) is 7.81. The molecule has 3 rings (SSSR count). The molecule has 0 bridgehead atoms. The standard InChI is InChI=1S/C18H17ClN2O4/c1-2-20-17(24)10-3-4-11-8-21(9-12(11)5-10)18(25)13-6-14(19)16(23)7-15(13)22/h3-7,22-23H,2,8-9H2,1H3,(H,20,24). The van der Waals surface area contributed by atoms with E-state index in [1.807, 2.05) is 13.0 Å². The summed E-state index contributed by atoms with van der Waals surface area (Å²) >= 11 is 5.83. The van der Waals surface area contributed by atoms with Crippen LogP contribution in [0.4, 0.5) is 0 Å². The van der Waals surface area contributed by atoms with Gasteiger partial charge in [-0.2, -0.15) is 0 Å². The fourth-order valence-electron chi connectivity index (χ4n) is 2.83. The predicted octanol–water partition coefficient (Wildman–Crippen LogP) is 2.66. The van der Waals surface area contributed by atoms with Crippen LogP contribution in [-0.4, -0.2) is 33.5 Å². The van der Waals surface area contributed by atoms with E-state index in [0.717, 1.165) is 17.2 Å². The Hall–Kier alpha value is -2.73. The van der Waals surface area contributed by atoms with Crippen molar-refractivity contribution >= 4 is 23.4 Å². The molecule has 7 heteroatoms. The molecular formula is C18H17ClN2O4. The number of phenolic OH excluding ortho intramolecular Hbond substituents is 2. The molecule has 0 radical (unpaired) electrons. The summed E-state index contributed by atoms with van der Waals surface area (Å²) in [6, 6.07) is 7.63. The van der Waals surface area contributed by atoms with E-state index < -0.39 is 5.91 Å². The SMILES string of the molecule is CCNC(=O)c1ccc2c(c1)CN(C(=O)c1cc(Cl)c(O)cc1O)C2. The lowest BCUT2D eigenvalue weighted by atomic mass is 10.1. The highest BCUT2D eigenvalue weighted by atomic mass is 35.5. The highest BCUT2D eigenvalue weighted by Gasteiger charge is 2.27. The number of carbonyl (C=O) groups is 2. The second-order valence-electron chi connectivity index (χ2n) is 5.82. The zero-order chi connectivity index (χ0) is 18.1. The van der Waals surface area contributed by atoms with Gasteiger partial charge in [-0.1, -0.05) is 17.7 Å². The summed E-state index contributed by atoms with van der Waals surface area (Å²) in [5.41, 5.74) is 2.41. The minimum Gasteiger partial charge on any atom is -0.507 e. The van der Waals surface area contributed by atoms with Crippen molar-refractivity contribution in [1.82, 2.24) is 10.2 Å². The zero-order valence-electron chi connectivity index (χ0n) is 13.5. The van der Waals surface area contributed by atoms with Crippen LogP contribution in [0, 0.1) is 0 Å². The van der Waals surface area contributed by atoms with Crippen molar-refractivity contribution < 1.29 is 19.8 Å². The minimum atomic E-state index is -0.393. The molecule has 1 heterocycles. The molecule has 0 unspecified atom stereocenters. The Morgan fingerprint density at radius 3 is 2.56 bits per heavy atom. The number of hydrogen-bond acceptors (Lipinski definition) is 4. The van der Waals surface area contributed by atoms with Crippen LogP contribution in [0.3, 0.4) is 0 Å². The van der Waals surface area contributed by atoms with E-state index in [0.29, 0.717) is 25.2 Å². The molecule has 2 aromatic carbocycles. The van der Waals surface area contributed by atoms with Gasteiger partial charge in [-0.15, -0.1) is 0 Å². The highest BCUT2D eigenvalue weighted by Crippen LogP contribution is 2.33. The van der Waals surface area contributed by atoms with Gasteiger partial charge in [0.05, 0.1) is 10.6 Å². The number of amides is 2. The van der Waals surface area contributed by atoms with Crippen molar-refractivity contribution in [2.24, 2.45) is 0 Å². The number of phenols is 2. The minimum absolute atomic E-state index is 0.00335. The summed E-state index contributed by atoms with van der Waals surface area (Å²) in [7, 11) is 0. The van der Waals surface area contributed by atoms with Gasteiger partial charge in [-0.3, -0.25) is 9.59 Å². The summed E-state index contributed by atoms with van der Waals surface area (Å²) in [4.78, 5) is 26.2. The first kappa shape index (κ1) is 17.1. The number of fused-ring (bicyclic) bond motifs is 1. The normalized spacial score (nSPS) is 12.8. The maximum atomic E-state index is 12.7. The molecule has 1 aliphatic heterocycles. The van der Waals surface area contributed by atoms with Crippen LogP contribution in [0.5, 0.6) is 11.5 Å². The van der Waals surface area contributed by atoms with Gasteiger partial charge >= 0.3 is 0 Å². The highest BCUT2D eigenvalue weighted by molar-refractivity contribution is 6.32. The zero-order valence-corrected chi connectivity index (χ0v) is 14.3. The summed E-state index contributed by atoms with van der Waals surface area (Å²) in [5.74, 6) is -1.16. The van der Waals surface area contributed by atoms with Crippen LogP contribution in [-0.2, 0) is 13.1 Å². The van der Waals surface area contributed by atoms with Crippen molar-refractivity contribution in [2.75, 3.05) is 6.54 Å². The number of nitrogens with one attached hydrogen (secondary N) is 1. The molecule has 0 aromatic heterocycles. The number of aromatic hydroxyl groups is 2. The Balaban J connectivity index is 1.83. The van der Waals surface area contributed by atoms with Gasteiger partial charge in [0.15, 0.2) is 0 Å². The third-order valence-corrected chi connectivity index (χ3v) is 4.41. The molecule has 3 N–H and O–H groups in total. The number of benzene rings is 2. The molecular weight excluding hydrogens is 344 g/mol. The molecule has 1 aliphatic rings. The molecule has 0 saturated carbocycles. The van der Waals surface area contributed by atoms with Crippen molar-refractivity contribution in [1.29, 1.82) is 0 Å². The van der Waals surface area contributed by atoms with E-state index in [-0.39, 0.29) is 28.0 Å². The monoisotopic (exact) mass is 360 g/mol. The van der Waals surface area contributed by atoms with Gasteiger partial charge in [-0.25, -0.2) is 0 Å². The van der Waals surface area contributed by atoms with Gasteiger partial charge in [-0.05, 0) is 36.2 Å². The molecule has 0 atom stereocenters. The fourth-order valence-corrected chi connectivity index (χ4v) is 3.00. The van der Waals surface area contributed by atoms with Crippen LogP contribution in [0.15, 0.2) is 30.3 Å². The molecule has 0 spiro atoms. The largest absolute Gasteiger partial charge is 0.507 e. The second kappa shape index (κ2) is 6.64. The van der Waals surface area contributed by atoms with Gasteiger partial charge in [0.1, 0.15) is 11.5 Å². The van der Waals surface area contributed by atoms with Crippen LogP contribution in [0.1, 0.15) is 38.8 Å². The number of halogens is 1. The van der Waals surface area contributed by atoms with Gasteiger partial charge < -0.3 is 20.4 Å². The molecule has 2 amide bonds. The smallest absolute Gasteiger partial charge is 0.258 e. The Labute approximate surface area is 149 Å². The van der Waals surface area contributed by atoms with E-state index in [4.69, 9.17) is 11.6 Å². The Morgan fingerprint density at radius 2 is 1.84 bits per heavy atom. The molecule has 25 heavy (non-hydrogen) atoms. The Morgan fingerprint density at radius 1 is 1.12 bits per heavy atom. The Kier molecular flexibility index (Phi) is 4.55. The summed E-state index contributed by atoms with van der Waals surface area (Å²) < 4.78 is 0. The lowest BCUT2D eigenvalue weighted by molar-refractivity contribution is 0.0748. The third kappa shape index (κ3) is 3.25. The quantitative estimate of drug-likeness (QED) is 0.785. The van der Waals surface area contributed by atoms with Crippen molar-refractivity contribution in [3.05, 3.63) is 57.6 Å². The van der Waals surface area contributed by atoms with Crippen LogP contribution >= 0.6 is 11.6 Å². The number of carbonyl (C=O) groups excluding carboxylic acids is 2. The molecule has 0 saturated heterocycles. The van der Waals surface area contributed by atoms with Gasteiger partial charge in [0.25, 0.3) is 11.8 Å². The maximum Gasteiger partial charge on any atom is 0.258 e. The molecule has 0 aliphatic carbocycles. The Bertz CT molecular complexity index is 866. The first-order valence-corrected chi connectivity index (χ1v) is 8.19. The van der Waals surface area contributed by atoms with E-state index >= 15 is 0 Å². The predicted molar refractivity (Wildman–Crippen MR) is 92.8 cm³/mol. The van der Waals surface area contributed by atoms with E-state index in [1.54, 1.807) is 17.0 Å². The fraction of sp³-hybridized carbons (Fsp3) is 0.222. The van der Waals surface area contributed by atoms with E-state index in [2.05, 4.69) is 5.32 Å². The van der Waals surface area contributed by atoms with E-state index in [1.165, 1.54) is 6.07 Å². The number of hydrogen-bond donors (Lipinski definition) is 3. The average molecular weight is 361 g/mol. The van der Waals surface area contributed by atoms with Crippen molar-refractivity contribution in [3.8, 4) is 11.5 Å². The van der Waals surface area contributed by atoms with Crippen molar-refractivity contribution in [2.45, 2.75) is 20.0 Å². The van der Waals surface area contributed by atoms with Crippen LogP contribution in [0.2, 0.25) is 5.02 Å². The molecule has 6 nitrogen and oxygen atoms in total.